The van der Waals surface area contributed by atoms with Crippen LogP contribution in [-0.4, -0.2) is 43.4 Å². The van der Waals surface area contributed by atoms with E-state index >= 15 is 0 Å². The van der Waals surface area contributed by atoms with E-state index in [-0.39, 0.29) is 12.5 Å². The van der Waals surface area contributed by atoms with E-state index in [1.54, 1.807) is 40.0 Å². The summed E-state index contributed by atoms with van der Waals surface area (Å²) < 4.78 is 6.65. The number of hydrogen-bond acceptors (Lipinski definition) is 6. The number of pyridine rings is 1. The lowest BCUT2D eigenvalue weighted by molar-refractivity contribution is -0.122. The van der Waals surface area contributed by atoms with Crippen LogP contribution in [-0.2, 0) is 16.1 Å². The lowest BCUT2D eigenvalue weighted by Crippen LogP contribution is -2.46. The largest absolute Gasteiger partial charge is 0.444 e. The zero-order chi connectivity index (χ0) is 18.4. The average molecular weight is 346 g/mol. The van der Waals surface area contributed by atoms with Gasteiger partial charge in [0.2, 0.25) is 5.91 Å². The highest BCUT2D eigenvalue weighted by molar-refractivity contribution is 5.85. The fourth-order valence-electron chi connectivity index (χ4n) is 1.98. The highest BCUT2D eigenvalue weighted by atomic mass is 16.6. The zero-order valence-electron chi connectivity index (χ0n) is 14.7. The molecule has 0 aliphatic rings. The third-order valence-corrected chi connectivity index (χ3v) is 3.08. The van der Waals surface area contributed by atoms with Crippen LogP contribution in [0.4, 0.5) is 4.79 Å². The third kappa shape index (κ3) is 5.55. The number of carbonyl (C=O) groups excluding carboxylic acids is 2. The van der Waals surface area contributed by atoms with E-state index in [1.165, 1.54) is 17.3 Å². The number of aromatic nitrogens is 4. The van der Waals surface area contributed by atoms with Crippen molar-refractivity contribution in [2.75, 3.05) is 0 Å². The lowest BCUT2D eigenvalue weighted by atomic mass is 10.2. The minimum atomic E-state index is -0.735. The first kappa shape index (κ1) is 18.4. The standard InChI is InChI=1S/C16H22N6O3/c1-11(21-15(24)25-16(2,3)4)14(23)19-8-12-6-5-7-18-13(12)22-10-17-9-20-22/h5-7,9-11H,8H2,1-4H3,(H,19,23)(H,21,24). The molecule has 0 aliphatic carbocycles. The number of nitrogens with one attached hydrogen (secondary N) is 2. The molecule has 1 unspecified atom stereocenters. The second-order valence-electron chi connectivity index (χ2n) is 6.41. The van der Waals surface area contributed by atoms with Crippen LogP contribution in [0.1, 0.15) is 33.3 Å². The Morgan fingerprint density at radius 3 is 2.76 bits per heavy atom. The predicted octanol–water partition coefficient (Wildman–Crippen LogP) is 1.19. The van der Waals surface area contributed by atoms with Gasteiger partial charge in [0.1, 0.15) is 24.3 Å². The Kier molecular flexibility index (Phi) is 5.68. The van der Waals surface area contributed by atoms with Crippen LogP contribution in [0.15, 0.2) is 31.0 Å². The quantitative estimate of drug-likeness (QED) is 0.841. The number of carbonyl (C=O) groups is 2. The van der Waals surface area contributed by atoms with Crippen molar-refractivity contribution >= 4 is 12.0 Å². The molecular weight excluding hydrogens is 324 g/mol. The topological polar surface area (TPSA) is 111 Å². The maximum atomic E-state index is 12.2. The van der Waals surface area contributed by atoms with Gasteiger partial charge in [-0.3, -0.25) is 4.79 Å². The van der Waals surface area contributed by atoms with Crippen molar-refractivity contribution in [1.82, 2.24) is 30.4 Å². The summed E-state index contributed by atoms with van der Waals surface area (Å²) in [7, 11) is 0. The lowest BCUT2D eigenvalue weighted by Gasteiger charge is -2.21. The van der Waals surface area contributed by atoms with E-state index in [0.717, 1.165) is 5.56 Å². The number of nitrogens with zero attached hydrogens (tertiary/aromatic N) is 4. The first-order chi connectivity index (χ1) is 11.8. The molecule has 0 aliphatic heterocycles. The molecule has 2 N–H and O–H groups in total. The van der Waals surface area contributed by atoms with Crippen LogP contribution in [0, 0.1) is 0 Å². The van der Waals surface area contributed by atoms with E-state index < -0.39 is 17.7 Å². The number of hydrogen-bond donors (Lipinski definition) is 2. The summed E-state index contributed by atoms with van der Waals surface area (Å²) in [5.74, 6) is 0.243. The molecule has 134 valence electrons. The van der Waals surface area contributed by atoms with Crippen LogP contribution in [0.3, 0.4) is 0 Å². The van der Waals surface area contributed by atoms with E-state index in [9.17, 15) is 9.59 Å². The molecule has 2 aromatic heterocycles. The van der Waals surface area contributed by atoms with Crippen molar-refractivity contribution < 1.29 is 14.3 Å². The maximum Gasteiger partial charge on any atom is 0.408 e. The highest BCUT2D eigenvalue weighted by Crippen LogP contribution is 2.09. The molecule has 0 saturated carbocycles. The molecule has 0 spiro atoms. The van der Waals surface area contributed by atoms with Gasteiger partial charge < -0.3 is 15.4 Å². The molecule has 25 heavy (non-hydrogen) atoms. The van der Waals surface area contributed by atoms with Crippen molar-refractivity contribution in [3.63, 3.8) is 0 Å². The molecule has 2 aromatic rings. The van der Waals surface area contributed by atoms with Crippen LogP contribution in [0.5, 0.6) is 0 Å². The van der Waals surface area contributed by atoms with Gasteiger partial charge in [0.25, 0.3) is 0 Å². The van der Waals surface area contributed by atoms with Gasteiger partial charge >= 0.3 is 6.09 Å². The maximum absolute atomic E-state index is 12.2. The van der Waals surface area contributed by atoms with Gasteiger partial charge in [-0.25, -0.2) is 19.4 Å². The molecule has 9 heteroatoms. The van der Waals surface area contributed by atoms with E-state index in [4.69, 9.17) is 4.74 Å². The Hall–Kier alpha value is -2.97. The Balaban J connectivity index is 1.93. The SMILES string of the molecule is CC(NC(=O)OC(C)(C)C)C(=O)NCc1cccnc1-n1cncn1. The van der Waals surface area contributed by atoms with Crippen molar-refractivity contribution in [3.05, 3.63) is 36.5 Å². The van der Waals surface area contributed by atoms with Crippen molar-refractivity contribution in [2.24, 2.45) is 0 Å². The predicted molar refractivity (Wildman–Crippen MR) is 89.8 cm³/mol. The molecule has 2 amide bonds. The molecule has 0 radical (unpaired) electrons. The van der Waals surface area contributed by atoms with Gasteiger partial charge in [-0.2, -0.15) is 5.10 Å². The Morgan fingerprint density at radius 1 is 1.36 bits per heavy atom. The second-order valence-corrected chi connectivity index (χ2v) is 6.41. The minimum Gasteiger partial charge on any atom is -0.444 e. The molecule has 0 saturated heterocycles. The molecule has 2 heterocycles. The van der Waals surface area contributed by atoms with E-state index in [1.807, 2.05) is 6.07 Å². The second kappa shape index (κ2) is 7.73. The van der Waals surface area contributed by atoms with Gasteiger partial charge in [-0.05, 0) is 33.8 Å². The number of amides is 2. The number of ether oxygens (including phenoxy) is 1. The summed E-state index contributed by atoms with van der Waals surface area (Å²) in [6.07, 6.45) is 3.93. The molecule has 0 fully saturated rings. The van der Waals surface area contributed by atoms with Gasteiger partial charge in [-0.1, -0.05) is 6.07 Å². The van der Waals surface area contributed by atoms with Gasteiger partial charge in [0.15, 0.2) is 5.82 Å². The average Bonchev–Trinajstić information content (AvgIpc) is 3.05. The summed E-state index contributed by atoms with van der Waals surface area (Å²) in [5.41, 5.74) is 0.147. The fraction of sp³-hybridized carbons (Fsp3) is 0.438. The molecular formula is C16H22N6O3. The summed E-state index contributed by atoms with van der Waals surface area (Å²) in [6, 6.07) is 2.86. The molecule has 0 aromatic carbocycles. The van der Waals surface area contributed by atoms with Crippen LogP contribution < -0.4 is 10.6 Å². The smallest absolute Gasteiger partial charge is 0.408 e. The first-order valence-electron chi connectivity index (χ1n) is 7.82. The van der Waals surface area contributed by atoms with Gasteiger partial charge in [0.05, 0.1) is 0 Å². The van der Waals surface area contributed by atoms with Crippen molar-refractivity contribution in [3.8, 4) is 5.82 Å². The van der Waals surface area contributed by atoms with Gasteiger partial charge in [0, 0.05) is 18.3 Å². The molecule has 0 bridgehead atoms. The fourth-order valence-corrected chi connectivity index (χ4v) is 1.98. The summed E-state index contributed by atoms with van der Waals surface area (Å²) in [5, 5.41) is 9.30. The Bertz CT molecular complexity index is 724. The van der Waals surface area contributed by atoms with Crippen molar-refractivity contribution in [1.29, 1.82) is 0 Å². The monoisotopic (exact) mass is 346 g/mol. The van der Waals surface area contributed by atoms with Crippen LogP contribution >= 0.6 is 0 Å². The number of alkyl carbamates (subject to hydrolysis) is 1. The first-order valence-corrected chi connectivity index (χ1v) is 7.82. The Morgan fingerprint density at radius 2 is 2.12 bits per heavy atom. The highest BCUT2D eigenvalue weighted by Gasteiger charge is 2.21. The van der Waals surface area contributed by atoms with Crippen LogP contribution in [0.25, 0.3) is 5.82 Å². The molecule has 1 atom stereocenters. The summed E-state index contributed by atoms with van der Waals surface area (Å²) >= 11 is 0. The van der Waals surface area contributed by atoms with Crippen molar-refractivity contribution in [2.45, 2.75) is 45.9 Å². The third-order valence-electron chi connectivity index (χ3n) is 3.08. The van der Waals surface area contributed by atoms with E-state index in [0.29, 0.717) is 5.82 Å². The summed E-state index contributed by atoms with van der Waals surface area (Å²) in [4.78, 5) is 32.0. The molecule has 2 rings (SSSR count). The summed E-state index contributed by atoms with van der Waals surface area (Å²) in [6.45, 7) is 7.09. The van der Waals surface area contributed by atoms with E-state index in [2.05, 4.69) is 25.7 Å². The Labute approximate surface area is 145 Å². The van der Waals surface area contributed by atoms with Crippen LogP contribution in [0.2, 0.25) is 0 Å². The number of rotatable bonds is 5. The zero-order valence-corrected chi connectivity index (χ0v) is 14.7. The molecule has 9 nitrogen and oxygen atoms in total. The minimum absolute atomic E-state index is 0.238. The normalized spacial score (nSPS) is 12.3. The van der Waals surface area contributed by atoms with Gasteiger partial charge in [-0.15, -0.1) is 0 Å².